The van der Waals surface area contributed by atoms with Crippen LogP contribution in [0.1, 0.15) is 5.56 Å². The number of hydrogen-bond acceptors (Lipinski definition) is 4. The van der Waals surface area contributed by atoms with Gasteiger partial charge in [-0.1, -0.05) is 6.58 Å². The molecule has 0 unspecified atom stereocenters. The van der Waals surface area contributed by atoms with Crippen molar-refractivity contribution in [3.8, 4) is 5.75 Å². The van der Waals surface area contributed by atoms with Crippen molar-refractivity contribution in [1.29, 1.82) is 0 Å². The van der Waals surface area contributed by atoms with Gasteiger partial charge in [0.15, 0.2) is 6.29 Å². The molecule has 0 N–H and O–H groups in total. The first-order valence-electron chi connectivity index (χ1n) is 6.84. The van der Waals surface area contributed by atoms with E-state index in [2.05, 4.69) is 6.58 Å². The van der Waals surface area contributed by atoms with Crippen LogP contribution in [0, 0.1) is 6.92 Å². The largest absolute Gasteiger partial charge is 0.466 e. The Morgan fingerprint density at radius 1 is 1.38 bits per heavy atom. The zero-order valence-electron chi connectivity index (χ0n) is 11.9. The first-order chi connectivity index (χ1) is 10.2. The lowest BCUT2D eigenvalue weighted by Crippen LogP contribution is -2.27. The number of rotatable bonds is 4. The van der Waals surface area contributed by atoms with Gasteiger partial charge in [-0.05, 0) is 24.6 Å². The molecule has 0 spiro atoms. The second kappa shape index (κ2) is 5.71. The highest BCUT2D eigenvalue weighted by Crippen LogP contribution is 2.23. The Bertz CT molecular complexity index is 729. The third kappa shape index (κ3) is 2.70. The van der Waals surface area contributed by atoms with Crippen molar-refractivity contribution >= 4 is 10.9 Å². The summed E-state index contributed by atoms with van der Waals surface area (Å²) in [5.74, 6) is 0.643. The van der Waals surface area contributed by atoms with Gasteiger partial charge >= 0.3 is 0 Å². The van der Waals surface area contributed by atoms with Gasteiger partial charge in [-0.15, -0.1) is 0 Å². The quantitative estimate of drug-likeness (QED) is 0.809. The van der Waals surface area contributed by atoms with Crippen LogP contribution >= 0.6 is 0 Å². The fraction of sp³-hybridized carbons (Fsp3) is 0.312. The van der Waals surface area contributed by atoms with Crippen molar-refractivity contribution in [2.45, 2.75) is 19.8 Å². The van der Waals surface area contributed by atoms with Gasteiger partial charge in [0.2, 0.25) is 0 Å². The molecule has 5 heteroatoms. The van der Waals surface area contributed by atoms with Gasteiger partial charge in [0.25, 0.3) is 5.56 Å². The minimum atomic E-state index is -0.377. The predicted octanol–water partition coefficient (Wildman–Crippen LogP) is 2.21. The Balaban J connectivity index is 2.12. The Morgan fingerprint density at radius 2 is 2.14 bits per heavy atom. The van der Waals surface area contributed by atoms with Crippen molar-refractivity contribution < 1.29 is 14.2 Å². The molecule has 21 heavy (non-hydrogen) atoms. The van der Waals surface area contributed by atoms with Crippen LogP contribution in [0.4, 0.5) is 0 Å². The van der Waals surface area contributed by atoms with Crippen LogP contribution in [0.5, 0.6) is 5.75 Å². The maximum Gasteiger partial charge on any atom is 0.251 e. The first-order valence-corrected chi connectivity index (χ1v) is 6.84. The summed E-state index contributed by atoms with van der Waals surface area (Å²) in [5.41, 5.74) is 1.66. The Morgan fingerprint density at radius 3 is 2.86 bits per heavy atom. The highest BCUT2D eigenvalue weighted by molar-refractivity contribution is 5.83. The summed E-state index contributed by atoms with van der Waals surface area (Å²) in [4.78, 5) is 12.3. The standard InChI is InChI=1S/C16H17NO4/c1-3-19-12-4-5-13-11(2)8-15(18)17(14(13)9-12)10-16-20-6-7-21-16/h3-5,8-9,16H,1,6-7,10H2,2H3. The summed E-state index contributed by atoms with van der Waals surface area (Å²) in [6, 6.07) is 7.26. The third-order valence-electron chi connectivity index (χ3n) is 3.53. The van der Waals surface area contributed by atoms with E-state index in [9.17, 15) is 4.79 Å². The number of hydrogen-bond donors (Lipinski definition) is 0. The Kier molecular flexibility index (Phi) is 3.77. The van der Waals surface area contributed by atoms with Crippen molar-refractivity contribution in [3.05, 3.63) is 53.0 Å². The van der Waals surface area contributed by atoms with E-state index in [4.69, 9.17) is 14.2 Å². The molecule has 5 nitrogen and oxygen atoms in total. The molecule has 110 valence electrons. The summed E-state index contributed by atoms with van der Waals surface area (Å²) in [6.45, 7) is 6.96. The molecule has 1 aromatic heterocycles. The van der Waals surface area contributed by atoms with E-state index in [0.717, 1.165) is 16.5 Å². The van der Waals surface area contributed by atoms with E-state index in [1.807, 2.05) is 25.1 Å². The van der Waals surface area contributed by atoms with Crippen molar-refractivity contribution in [1.82, 2.24) is 4.57 Å². The lowest BCUT2D eigenvalue weighted by molar-refractivity contribution is -0.0522. The van der Waals surface area contributed by atoms with Crippen LogP contribution in [0.3, 0.4) is 0 Å². The molecule has 1 saturated heterocycles. The van der Waals surface area contributed by atoms with Crippen LogP contribution in [0.15, 0.2) is 41.9 Å². The van der Waals surface area contributed by atoms with Gasteiger partial charge in [0, 0.05) is 17.5 Å². The van der Waals surface area contributed by atoms with E-state index < -0.39 is 0 Å². The number of nitrogens with zero attached hydrogens (tertiary/aromatic N) is 1. The van der Waals surface area contributed by atoms with Crippen LogP contribution in [0.25, 0.3) is 10.9 Å². The fourth-order valence-corrected chi connectivity index (χ4v) is 2.55. The van der Waals surface area contributed by atoms with Crippen LogP contribution in [0.2, 0.25) is 0 Å². The molecule has 2 aromatic rings. The van der Waals surface area contributed by atoms with Gasteiger partial charge in [-0.25, -0.2) is 0 Å². The van der Waals surface area contributed by atoms with Crippen molar-refractivity contribution in [2.75, 3.05) is 13.2 Å². The van der Waals surface area contributed by atoms with Gasteiger partial charge in [-0.2, -0.15) is 0 Å². The van der Waals surface area contributed by atoms with Gasteiger partial charge in [-0.3, -0.25) is 4.79 Å². The number of benzene rings is 1. The molecule has 1 fully saturated rings. The molecule has 0 radical (unpaired) electrons. The number of aromatic nitrogens is 1. The molecule has 1 aliphatic rings. The molecule has 1 aromatic carbocycles. The maximum atomic E-state index is 12.3. The zero-order valence-corrected chi connectivity index (χ0v) is 11.9. The predicted molar refractivity (Wildman–Crippen MR) is 79.5 cm³/mol. The average Bonchev–Trinajstić information content (AvgIpc) is 2.96. The third-order valence-corrected chi connectivity index (χ3v) is 3.53. The highest BCUT2D eigenvalue weighted by Gasteiger charge is 2.18. The van der Waals surface area contributed by atoms with Crippen LogP contribution in [-0.2, 0) is 16.0 Å². The molecule has 1 aliphatic heterocycles. The number of ether oxygens (including phenoxy) is 3. The van der Waals surface area contributed by atoms with Crippen molar-refractivity contribution in [3.63, 3.8) is 0 Å². The lowest BCUT2D eigenvalue weighted by atomic mass is 10.1. The minimum Gasteiger partial charge on any atom is -0.466 e. The van der Waals surface area contributed by atoms with E-state index in [0.29, 0.717) is 25.5 Å². The van der Waals surface area contributed by atoms with Gasteiger partial charge in [0.1, 0.15) is 5.75 Å². The summed E-state index contributed by atoms with van der Waals surface area (Å²) in [5, 5.41) is 1.00. The normalized spacial score (nSPS) is 15.5. The Labute approximate surface area is 122 Å². The summed E-state index contributed by atoms with van der Waals surface area (Å²) >= 11 is 0. The fourth-order valence-electron chi connectivity index (χ4n) is 2.55. The molecular weight excluding hydrogens is 270 g/mol. The topological polar surface area (TPSA) is 49.7 Å². The number of fused-ring (bicyclic) bond motifs is 1. The summed E-state index contributed by atoms with van der Waals surface area (Å²) in [6.07, 6.45) is 0.986. The minimum absolute atomic E-state index is 0.0742. The summed E-state index contributed by atoms with van der Waals surface area (Å²) < 4.78 is 17.8. The van der Waals surface area contributed by atoms with E-state index in [1.165, 1.54) is 6.26 Å². The lowest BCUT2D eigenvalue weighted by Gasteiger charge is -2.16. The maximum absolute atomic E-state index is 12.3. The van der Waals surface area contributed by atoms with E-state index in [1.54, 1.807) is 10.6 Å². The van der Waals surface area contributed by atoms with E-state index >= 15 is 0 Å². The molecule has 0 aliphatic carbocycles. The molecule has 0 bridgehead atoms. The molecule has 0 saturated carbocycles. The average molecular weight is 287 g/mol. The monoisotopic (exact) mass is 287 g/mol. The first kappa shape index (κ1) is 13.9. The van der Waals surface area contributed by atoms with Crippen molar-refractivity contribution in [2.24, 2.45) is 0 Å². The number of aryl methyl sites for hydroxylation is 1. The second-order valence-electron chi connectivity index (χ2n) is 4.91. The van der Waals surface area contributed by atoms with Gasteiger partial charge in [0.05, 0.1) is 31.5 Å². The molecule has 0 atom stereocenters. The highest BCUT2D eigenvalue weighted by atomic mass is 16.7. The molecule has 0 amide bonds. The smallest absolute Gasteiger partial charge is 0.251 e. The van der Waals surface area contributed by atoms with Crippen LogP contribution in [-0.4, -0.2) is 24.1 Å². The van der Waals surface area contributed by atoms with Gasteiger partial charge < -0.3 is 18.8 Å². The van der Waals surface area contributed by atoms with E-state index in [-0.39, 0.29) is 11.8 Å². The number of pyridine rings is 1. The SMILES string of the molecule is C=COc1ccc2c(C)cc(=O)n(CC3OCCO3)c2c1. The summed E-state index contributed by atoms with van der Waals surface area (Å²) in [7, 11) is 0. The zero-order chi connectivity index (χ0) is 14.8. The second-order valence-corrected chi connectivity index (χ2v) is 4.91. The molecule has 2 heterocycles. The van der Waals surface area contributed by atoms with Crippen LogP contribution < -0.4 is 10.3 Å². The Hall–Kier alpha value is -2.11. The molecule has 3 rings (SSSR count). The molecular formula is C16H17NO4.